The Hall–Kier alpha value is -0.200. The third-order valence-corrected chi connectivity index (χ3v) is 5.44. The summed E-state index contributed by atoms with van der Waals surface area (Å²) in [7, 11) is 2.16. The zero-order valence-corrected chi connectivity index (χ0v) is 12.6. The molecule has 3 rings (SSSR count). The topological polar surface area (TPSA) is 59.8 Å². The van der Waals surface area contributed by atoms with Gasteiger partial charge in [0.05, 0.1) is 24.4 Å². The van der Waals surface area contributed by atoms with E-state index >= 15 is 0 Å². The summed E-state index contributed by atoms with van der Waals surface area (Å²) in [6.07, 6.45) is 7.54. The second-order valence-electron chi connectivity index (χ2n) is 6.86. The number of nitrogens with two attached hydrogens (primary N) is 1. The van der Waals surface area contributed by atoms with Crippen LogP contribution in [0.1, 0.15) is 38.5 Å². The summed E-state index contributed by atoms with van der Waals surface area (Å²) in [6.45, 7) is 3.68. The first-order valence-electron chi connectivity index (χ1n) is 8.13. The molecule has 5 nitrogen and oxygen atoms in total. The summed E-state index contributed by atoms with van der Waals surface area (Å²) in [4.78, 5) is 2.34. The molecule has 3 aliphatic rings. The van der Waals surface area contributed by atoms with Crippen molar-refractivity contribution in [1.29, 1.82) is 0 Å². The van der Waals surface area contributed by atoms with Crippen LogP contribution in [-0.2, 0) is 9.47 Å². The molecule has 3 unspecified atom stereocenters. The average Bonchev–Trinajstić information content (AvgIpc) is 2.88. The van der Waals surface area contributed by atoms with Crippen LogP contribution in [0.3, 0.4) is 0 Å². The molecule has 2 saturated heterocycles. The molecule has 2 heterocycles. The molecule has 2 aliphatic heterocycles. The summed E-state index contributed by atoms with van der Waals surface area (Å²) >= 11 is 0. The molecule has 0 amide bonds. The zero-order valence-electron chi connectivity index (χ0n) is 12.6. The lowest BCUT2D eigenvalue weighted by atomic mass is 9.79. The molecule has 3 atom stereocenters. The molecule has 0 aromatic carbocycles. The number of nitrogens with zero attached hydrogens (tertiary/aromatic N) is 1. The van der Waals surface area contributed by atoms with E-state index in [4.69, 9.17) is 15.3 Å². The molecule has 1 spiro atoms. The van der Waals surface area contributed by atoms with Crippen LogP contribution in [0.5, 0.6) is 0 Å². The third-order valence-electron chi connectivity index (χ3n) is 5.44. The number of hydrazine groups is 1. The molecule has 0 aromatic rings. The maximum atomic E-state index is 6.14. The number of hydrogen-bond donors (Lipinski definition) is 2. The van der Waals surface area contributed by atoms with Gasteiger partial charge >= 0.3 is 0 Å². The van der Waals surface area contributed by atoms with Crippen LogP contribution in [-0.4, -0.2) is 56.0 Å². The first-order valence-corrected chi connectivity index (χ1v) is 8.13. The molecule has 1 saturated carbocycles. The zero-order chi connectivity index (χ0) is 14.0. The van der Waals surface area contributed by atoms with Crippen LogP contribution >= 0.6 is 0 Å². The number of ether oxygens (including phenoxy) is 2. The van der Waals surface area contributed by atoms with E-state index in [1.807, 2.05) is 0 Å². The van der Waals surface area contributed by atoms with E-state index in [1.54, 1.807) is 0 Å². The summed E-state index contributed by atoms with van der Waals surface area (Å²) in [5.74, 6) is 6.45. The van der Waals surface area contributed by atoms with Gasteiger partial charge in [-0.3, -0.25) is 11.3 Å². The van der Waals surface area contributed by atoms with Gasteiger partial charge in [0, 0.05) is 19.7 Å². The monoisotopic (exact) mass is 283 g/mol. The summed E-state index contributed by atoms with van der Waals surface area (Å²) in [5.41, 5.74) is 3.21. The standard InChI is InChI=1S/C15H29N3O2/c1-18-7-9-19-13(11-18)14(17-16)12-4-8-20-15(10-12)5-2-3-6-15/h12-14,17H,2-11,16H2,1H3. The first kappa shape index (κ1) is 14.7. The van der Waals surface area contributed by atoms with Crippen molar-refractivity contribution in [2.24, 2.45) is 11.8 Å². The fourth-order valence-corrected chi connectivity index (χ4v) is 4.32. The van der Waals surface area contributed by atoms with Crippen molar-refractivity contribution < 1.29 is 9.47 Å². The number of likely N-dealkylation sites (N-methyl/N-ethyl adjacent to an activating group) is 1. The quantitative estimate of drug-likeness (QED) is 0.595. The van der Waals surface area contributed by atoms with Gasteiger partial charge in [0.25, 0.3) is 0 Å². The van der Waals surface area contributed by atoms with Gasteiger partial charge in [0.2, 0.25) is 0 Å². The summed E-state index contributed by atoms with van der Waals surface area (Å²) in [5, 5.41) is 0. The highest BCUT2D eigenvalue weighted by Crippen LogP contribution is 2.43. The smallest absolute Gasteiger partial charge is 0.0871 e. The van der Waals surface area contributed by atoms with Crippen molar-refractivity contribution in [2.45, 2.75) is 56.3 Å². The number of rotatable bonds is 3. The molecule has 3 fully saturated rings. The van der Waals surface area contributed by atoms with E-state index in [-0.39, 0.29) is 17.7 Å². The summed E-state index contributed by atoms with van der Waals surface area (Å²) < 4.78 is 12.1. The van der Waals surface area contributed by atoms with Gasteiger partial charge < -0.3 is 14.4 Å². The van der Waals surface area contributed by atoms with Crippen LogP contribution < -0.4 is 11.3 Å². The van der Waals surface area contributed by atoms with E-state index in [2.05, 4.69) is 17.4 Å². The normalized spacial score (nSPS) is 36.3. The number of hydrogen-bond acceptors (Lipinski definition) is 5. The predicted molar refractivity (Wildman–Crippen MR) is 78.2 cm³/mol. The second-order valence-corrected chi connectivity index (χ2v) is 6.86. The molecule has 20 heavy (non-hydrogen) atoms. The van der Waals surface area contributed by atoms with Gasteiger partial charge in [-0.15, -0.1) is 0 Å². The van der Waals surface area contributed by atoms with E-state index in [0.717, 1.165) is 39.1 Å². The van der Waals surface area contributed by atoms with Gasteiger partial charge in [-0.2, -0.15) is 0 Å². The largest absolute Gasteiger partial charge is 0.375 e. The number of morpholine rings is 1. The van der Waals surface area contributed by atoms with Crippen LogP contribution in [0.15, 0.2) is 0 Å². The Balaban J connectivity index is 1.65. The SMILES string of the molecule is CN1CCOC(C(NN)C2CCOC3(CCCC3)C2)C1. The van der Waals surface area contributed by atoms with Crippen molar-refractivity contribution in [3.8, 4) is 0 Å². The van der Waals surface area contributed by atoms with Crippen LogP contribution in [0.2, 0.25) is 0 Å². The maximum Gasteiger partial charge on any atom is 0.0871 e. The lowest BCUT2D eigenvalue weighted by Crippen LogP contribution is -2.58. The highest BCUT2D eigenvalue weighted by atomic mass is 16.5. The Morgan fingerprint density at radius 3 is 2.80 bits per heavy atom. The molecule has 0 aromatic heterocycles. The Labute approximate surface area is 122 Å². The Kier molecular flexibility index (Phi) is 4.62. The Morgan fingerprint density at radius 1 is 1.30 bits per heavy atom. The summed E-state index contributed by atoms with van der Waals surface area (Å²) in [6, 6.07) is 0.249. The van der Waals surface area contributed by atoms with Crippen LogP contribution in [0.25, 0.3) is 0 Å². The number of nitrogens with one attached hydrogen (secondary N) is 1. The predicted octanol–water partition coefficient (Wildman–Crippen LogP) is 0.888. The van der Waals surface area contributed by atoms with Gasteiger partial charge in [-0.25, -0.2) is 0 Å². The second kappa shape index (κ2) is 6.28. The maximum absolute atomic E-state index is 6.14. The van der Waals surface area contributed by atoms with E-state index in [9.17, 15) is 0 Å². The minimum absolute atomic E-state index is 0.151. The molecule has 0 bridgehead atoms. The minimum Gasteiger partial charge on any atom is -0.375 e. The lowest BCUT2D eigenvalue weighted by Gasteiger charge is -2.44. The van der Waals surface area contributed by atoms with Crippen molar-refractivity contribution in [3.05, 3.63) is 0 Å². The molecular formula is C15H29N3O2. The highest BCUT2D eigenvalue weighted by Gasteiger charge is 2.44. The van der Waals surface area contributed by atoms with Gasteiger partial charge in [-0.1, -0.05) is 12.8 Å². The molecule has 5 heteroatoms. The Morgan fingerprint density at radius 2 is 2.10 bits per heavy atom. The molecule has 116 valence electrons. The van der Waals surface area contributed by atoms with Crippen molar-refractivity contribution >= 4 is 0 Å². The van der Waals surface area contributed by atoms with Crippen LogP contribution in [0.4, 0.5) is 0 Å². The molecule has 1 aliphatic carbocycles. The highest BCUT2D eigenvalue weighted by molar-refractivity contribution is 4.96. The van der Waals surface area contributed by atoms with Crippen molar-refractivity contribution in [1.82, 2.24) is 10.3 Å². The molecular weight excluding hydrogens is 254 g/mol. The average molecular weight is 283 g/mol. The van der Waals surface area contributed by atoms with Crippen molar-refractivity contribution in [3.63, 3.8) is 0 Å². The van der Waals surface area contributed by atoms with Gasteiger partial charge in [0.1, 0.15) is 0 Å². The Bertz CT molecular complexity index is 320. The van der Waals surface area contributed by atoms with Gasteiger partial charge in [-0.05, 0) is 38.6 Å². The molecule has 3 N–H and O–H groups in total. The van der Waals surface area contributed by atoms with Crippen LogP contribution in [0, 0.1) is 5.92 Å². The van der Waals surface area contributed by atoms with E-state index < -0.39 is 0 Å². The van der Waals surface area contributed by atoms with E-state index in [0.29, 0.717) is 5.92 Å². The molecule has 0 radical (unpaired) electrons. The van der Waals surface area contributed by atoms with E-state index in [1.165, 1.54) is 25.7 Å². The fourth-order valence-electron chi connectivity index (χ4n) is 4.32. The third kappa shape index (κ3) is 3.02. The first-order chi connectivity index (χ1) is 9.72. The fraction of sp³-hybridized carbons (Fsp3) is 1.00. The lowest BCUT2D eigenvalue weighted by molar-refractivity contribution is -0.116. The van der Waals surface area contributed by atoms with Gasteiger partial charge in [0.15, 0.2) is 0 Å². The van der Waals surface area contributed by atoms with Crippen molar-refractivity contribution in [2.75, 3.05) is 33.4 Å². The minimum atomic E-state index is 0.151.